The van der Waals surface area contributed by atoms with Gasteiger partial charge in [-0.15, -0.1) is 0 Å². The third-order valence-corrected chi connectivity index (χ3v) is 5.04. The quantitative estimate of drug-likeness (QED) is 0.277. The molecule has 1 amide bonds. The first-order valence-electron chi connectivity index (χ1n) is 10.4. The van der Waals surface area contributed by atoms with Crippen molar-refractivity contribution in [1.82, 2.24) is 5.43 Å². The van der Waals surface area contributed by atoms with E-state index in [9.17, 15) is 9.18 Å². The molecule has 0 atom stereocenters. The Balaban J connectivity index is 1.60. The summed E-state index contributed by atoms with van der Waals surface area (Å²) in [6.45, 7) is 4.95. The Bertz CT molecular complexity index is 1140. The SMILES string of the molecule is CCOc1ccc(C(=O)N/N=C/c2ccc(OCc3cccc(F)c3)c(Br)c2)cc1OCC. The van der Waals surface area contributed by atoms with Crippen LogP contribution < -0.4 is 19.6 Å². The van der Waals surface area contributed by atoms with Crippen molar-refractivity contribution < 1.29 is 23.4 Å². The average molecular weight is 515 g/mol. The van der Waals surface area contributed by atoms with Gasteiger partial charge in [-0.1, -0.05) is 12.1 Å². The van der Waals surface area contributed by atoms with E-state index in [0.717, 1.165) is 11.1 Å². The Labute approximate surface area is 200 Å². The molecule has 0 bridgehead atoms. The van der Waals surface area contributed by atoms with Crippen LogP contribution >= 0.6 is 15.9 Å². The van der Waals surface area contributed by atoms with Crippen molar-refractivity contribution in [3.8, 4) is 17.2 Å². The van der Waals surface area contributed by atoms with Gasteiger partial charge in [0.05, 0.1) is 23.9 Å². The molecule has 0 aliphatic heterocycles. The highest BCUT2D eigenvalue weighted by Gasteiger charge is 2.11. The molecule has 3 aromatic carbocycles. The van der Waals surface area contributed by atoms with Crippen molar-refractivity contribution >= 4 is 28.1 Å². The fourth-order valence-corrected chi connectivity index (χ4v) is 3.44. The van der Waals surface area contributed by atoms with Crippen molar-refractivity contribution in [3.63, 3.8) is 0 Å². The fraction of sp³-hybridized carbons (Fsp3) is 0.200. The van der Waals surface area contributed by atoms with Crippen LogP contribution in [-0.4, -0.2) is 25.3 Å². The molecule has 33 heavy (non-hydrogen) atoms. The van der Waals surface area contributed by atoms with Crippen LogP contribution in [-0.2, 0) is 6.61 Å². The van der Waals surface area contributed by atoms with E-state index < -0.39 is 0 Å². The van der Waals surface area contributed by atoms with Gasteiger partial charge in [-0.3, -0.25) is 4.79 Å². The molecule has 0 heterocycles. The molecule has 8 heteroatoms. The van der Waals surface area contributed by atoms with Gasteiger partial charge >= 0.3 is 0 Å². The number of nitrogens with zero attached hydrogens (tertiary/aromatic N) is 1. The highest BCUT2D eigenvalue weighted by molar-refractivity contribution is 9.10. The lowest BCUT2D eigenvalue weighted by molar-refractivity contribution is 0.0954. The number of benzene rings is 3. The Morgan fingerprint density at radius 2 is 1.73 bits per heavy atom. The summed E-state index contributed by atoms with van der Waals surface area (Å²) in [5, 5.41) is 4.03. The third kappa shape index (κ3) is 7.05. The van der Waals surface area contributed by atoms with E-state index in [0.29, 0.717) is 40.5 Å². The maximum Gasteiger partial charge on any atom is 0.271 e. The Hall–Kier alpha value is -3.39. The number of halogens is 2. The molecule has 0 aliphatic carbocycles. The van der Waals surface area contributed by atoms with Crippen LogP contribution in [0, 0.1) is 5.82 Å². The van der Waals surface area contributed by atoms with E-state index in [2.05, 4.69) is 26.5 Å². The van der Waals surface area contributed by atoms with Crippen LogP contribution in [0.15, 0.2) is 70.2 Å². The zero-order valence-corrected chi connectivity index (χ0v) is 19.9. The smallest absolute Gasteiger partial charge is 0.271 e. The average Bonchev–Trinajstić information content (AvgIpc) is 2.80. The number of carbonyl (C=O) groups is 1. The van der Waals surface area contributed by atoms with Crippen molar-refractivity contribution in [2.45, 2.75) is 20.5 Å². The lowest BCUT2D eigenvalue weighted by Crippen LogP contribution is -2.17. The van der Waals surface area contributed by atoms with Gasteiger partial charge in [0.1, 0.15) is 18.2 Å². The third-order valence-electron chi connectivity index (χ3n) is 4.42. The molecule has 0 saturated heterocycles. The molecule has 3 aromatic rings. The number of amides is 1. The van der Waals surface area contributed by atoms with Gasteiger partial charge in [0, 0.05) is 5.56 Å². The number of carbonyl (C=O) groups excluding carboxylic acids is 1. The number of hydrogen-bond donors (Lipinski definition) is 1. The maximum atomic E-state index is 13.3. The second-order valence-electron chi connectivity index (χ2n) is 6.84. The first-order valence-corrected chi connectivity index (χ1v) is 11.2. The summed E-state index contributed by atoms with van der Waals surface area (Å²) < 4.78 is 30.8. The number of ether oxygens (including phenoxy) is 3. The first-order chi connectivity index (χ1) is 16.0. The minimum Gasteiger partial charge on any atom is -0.490 e. The van der Waals surface area contributed by atoms with Gasteiger partial charge in [-0.2, -0.15) is 5.10 Å². The standard InChI is InChI=1S/C25H24BrFN2O4/c1-3-31-23-11-9-19(14-24(23)32-4-2)25(30)29-28-15-17-8-10-22(21(26)13-17)33-16-18-6-5-7-20(27)12-18/h5-15H,3-4,16H2,1-2H3,(H,29,30)/b28-15+. The van der Waals surface area contributed by atoms with E-state index in [-0.39, 0.29) is 18.3 Å². The van der Waals surface area contributed by atoms with Crippen LogP contribution in [0.25, 0.3) is 0 Å². The number of rotatable bonds is 10. The fourth-order valence-electron chi connectivity index (χ4n) is 2.92. The molecule has 0 radical (unpaired) electrons. The zero-order chi connectivity index (χ0) is 23.6. The largest absolute Gasteiger partial charge is 0.490 e. The first kappa shape index (κ1) is 24.3. The number of hydrogen-bond acceptors (Lipinski definition) is 5. The summed E-state index contributed by atoms with van der Waals surface area (Å²) >= 11 is 3.46. The van der Waals surface area contributed by atoms with Gasteiger partial charge < -0.3 is 14.2 Å². The molecular weight excluding hydrogens is 491 g/mol. The molecule has 0 unspecified atom stereocenters. The predicted octanol–water partition coefficient (Wildman–Crippen LogP) is 5.73. The van der Waals surface area contributed by atoms with Gasteiger partial charge in [-0.25, -0.2) is 9.82 Å². The van der Waals surface area contributed by atoms with Gasteiger partial charge in [0.15, 0.2) is 11.5 Å². The summed E-state index contributed by atoms with van der Waals surface area (Å²) in [5.41, 5.74) is 4.40. The predicted molar refractivity (Wildman–Crippen MR) is 129 cm³/mol. The molecule has 6 nitrogen and oxygen atoms in total. The van der Waals surface area contributed by atoms with E-state index in [1.165, 1.54) is 18.3 Å². The zero-order valence-electron chi connectivity index (χ0n) is 18.3. The van der Waals surface area contributed by atoms with E-state index in [1.807, 2.05) is 13.8 Å². The number of hydrazone groups is 1. The minimum absolute atomic E-state index is 0.242. The van der Waals surface area contributed by atoms with Gasteiger partial charge in [-0.05, 0) is 89.4 Å². The molecule has 172 valence electrons. The Morgan fingerprint density at radius 3 is 2.45 bits per heavy atom. The lowest BCUT2D eigenvalue weighted by atomic mass is 10.2. The highest BCUT2D eigenvalue weighted by atomic mass is 79.9. The summed E-state index contributed by atoms with van der Waals surface area (Å²) in [5.74, 6) is 1.03. The molecule has 0 fully saturated rings. The molecule has 1 N–H and O–H groups in total. The second kappa shape index (κ2) is 12.0. The molecule has 0 aliphatic rings. The molecular formula is C25H24BrFN2O4. The maximum absolute atomic E-state index is 13.3. The van der Waals surface area contributed by atoms with Crippen molar-refractivity contribution in [3.05, 3.63) is 87.6 Å². The normalized spacial score (nSPS) is 10.8. The van der Waals surface area contributed by atoms with Gasteiger partial charge in [0.25, 0.3) is 5.91 Å². The Morgan fingerprint density at radius 1 is 0.970 bits per heavy atom. The topological polar surface area (TPSA) is 69.2 Å². The van der Waals surface area contributed by atoms with Crippen LogP contribution in [0.3, 0.4) is 0 Å². The summed E-state index contributed by atoms with van der Waals surface area (Å²) in [6, 6.07) is 16.6. The molecule has 0 spiro atoms. The van der Waals surface area contributed by atoms with E-state index in [4.69, 9.17) is 14.2 Å². The summed E-state index contributed by atoms with van der Waals surface area (Å²) in [7, 11) is 0. The summed E-state index contributed by atoms with van der Waals surface area (Å²) in [6.07, 6.45) is 1.52. The van der Waals surface area contributed by atoms with Crippen LogP contribution in [0.5, 0.6) is 17.2 Å². The van der Waals surface area contributed by atoms with E-state index >= 15 is 0 Å². The van der Waals surface area contributed by atoms with Crippen molar-refractivity contribution in [1.29, 1.82) is 0 Å². The summed E-state index contributed by atoms with van der Waals surface area (Å²) in [4.78, 5) is 12.4. The molecule has 3 rings (SSSR count). The molecule has 0 aromatic heterocycles. The highest BCUT2D eigenvalue weighted by Crippen LogP contribution is 2.29. The lowest BCUT2D eigenvalue weighted by Gasteiger charge is -2.11. The Kier molecular flexibility index (Phi) is 8.83. The van der Waals surface area contributed by atoms with Crippen LogP contribution in [0.4, 0.5) is 4.39 Å². The van der Waals surface area contributed by atoms with E-state index in [1.54, 1.807) is 48.5 Å². The van der Waals surface area contributed by atoms with Crippen molar-refractivity contribution in [2.75, 3.05) is 13.2 Å². The van der Waals surface area contributed by atoms with Gasteiger partial charge in [0.2, 0.25) is 0 Å². The van der Waals surface area contributed by atoms with Crippen molar-refractivity contribution in [2.24, 2.45) is 5.10 Å². The monoisotopic (exact) mass is 514 g/mol. The molecule has 0 saturated carbocycles. The number of nitrogens with one attached hydrogen (secondary N) is 1. The minimum atomic E-state index is -0.371. The van der Waals surface area contributed by atoms with Crippen LogP contribution in [0.2, 0.25) is 0 Å². The second-order valence-corrected chi connectivity index (χ2v) is 7.69. The van der Waals surface area contributed by atoms with Crippen LogP contribution in [0.1, 0.15) is 35.3 Å².